The monoisotopic (exact) mass is 261 g/mol. The van der Waals surface area contributed by atoms with Crippen molar-refractivity contribution >= 4 is 0 Å². The fraction of sp³-hybridized carbons (Fsp3) is 0.647. The van der Waals surface area contributed by atoms with Gasteiger partial charge in [0.1, 0.15) is 0 Å². The van der Waals surface area contributed by atoms with Gasteiger partial charge in [0.2, 0.25) is 0 Å². The van der Waals surface area contributed by atoms with Crippen LogP contribution in [0.5, 0.6) is 0 Å². The van der Waals surface area contributed by atoms with Crippen molar-refractivity contribution in [1.29, 1.82) is 0 Å². The summed E-state index contributed by atoms with van der Waals surface area (Å²) in [6.07, 6.45) is 4.86. The predicted octanol–water partition coefficient (Wildman–Crippen LogP) is 3.72. The number of rotatable bonds is 8. The van der Waals surface area contributed by atoms with E-state index in [1.54, 1.807) is 0 Å². The Kier molecular flexibility index (Phi) is 5.87. The van der Waals surface area contributed by atoms with Gasteiger partial charge in [0.25, 0.3) is 0 Å². The second-order valence-electron chi connectivity index (χ2n) is 5.43. The highest BCUT2D eigenvalue weighted by Crippen LogP contribution is 2.38. The third kappa shape index (κ3) is 3.80. The Bertz CT molecular complexity index is 377. The molecule has 1 aliphatic carbocycles. The van der Waals surface area contributed by atoms with Gasteiger partial charge >= 0.3 is 0 Å². The number of benzene rings is 1. The highest BCUT2D eigenvalue weighted by atomic mass is 16.5. The van der Waals surface area contributed by atoms with Crippen LogP contribution < -0.4 is 5.32 Å². The SMILES string of the molecule is CCCNC1c2ccccc2CC1CCCOCC. The lowest BCUT2D eigenvalue weighted by atomic mass is 9.95. The van der Waals surface area contributed by atoms with E-state index >= 15 is 0 Å². The molecule has 0 radical (unpaired) electrons. The summed E-state index contributed by atoms with van der Waals surface area (Å²) in [5, 5.41) is 3.74. The molecule has 0 saturated carbocycles. The molecule has 0 aromatic heterocycles. The molecule has 2 rings (SSSR count). The van der Waals surface area contributed by atoms with Gasteiger partial charge in [-0.25, -0.2) is 0 Å². The number of nitrogens with one attached hydrogen (secondary N) is 1. The average Bonchev–Trinajstić information content (AvgIpc) is 2.79. The molecular formula is C17H27NO. The predicted molar refractivity (Wildman–Crippen MR) is 80.4 cm³/mol. The zero-order valence-corrected chi connectivity index (χ0v) is 12.3. The van der Waals surface area contributed by atoms with Crippen LogP contribution in [0.3, 0.4) is 0 Å². The number of fused-ring (bicyclic) bond motifs is 1. The Morgan fingerprint density at radius 3 is 2.89 bits per heavy atom. The highest BCUT2D eigenvalue weighted by Gasteiger charge is 2.30. The van der Waals surface area contributed by atoms with Crippen molar-refractivity contribution in [1.82, 2.24) is 5.32 Å². The summed E-state index contributed by atoms with van der Waals surface area (Å²) in [6, 6.07) is 9.47. The van der Waals surface area contributed by atoms with Gasteiger partial charge in [-0.2, -0.15) is 0 Å². The summed E-state index contributed by atoms with van der Waals surface area (Å²) in [5.41, 5.74) is 3.06. The Balaban J connectivity index is 1.95. The van der Waals surface area contributed by atoms with Crippen LogP contribution in [-0.2, 0) is 11.2 Å². The van der Waals surface area contributed by atoms with E-state index in [0.717, 1.165) is 25.7 Å². The van der Waals surface area contributed by atoms with Gasteiger partial charge in [-0.1, -0.05) is 31.2 Å². The molecule has 2 nitrogen and oxygen atoms in total. The third-order valence-corrected chi connectivity index (χ3v) is 4.03. The fourth-order valence-corrected chi connectivity index (χ4v) is 3.11. The van der Waals surface area contributed by atoms with E-state index < -0.39 is 0 Å². The second kappa shape index (κ2) is 7.66. The smallest absolute Gasteiger partial charge is 0.0466 e. The molecule has 0 fully saturated rings. The van der Waals surface area contributed by atoms with Crippen LogP contribution in [0, 0.1) is 5.92 Å². The summed E-state index contributed by atoms with van der Waals surface area (Å²) < 4.78 is 5.47. The summed E-state index contributed by atoms with van der Waals surface area (Å²) >= 11 is 0. The quantitative estimate of drug-likeness (QED) is 0.720. The normalized spacial score (nSPS) is 21.6. The van der Waals surface area contributed by atoms with Crippen molar-refractivity contribution < 1.29 is 4.74 Å². The first kappa shape index (κ1) is 14.5. The number of ether oxygens (including phenoxy) is 1. The van der Waals surface area contributed by atoms with Crippen molar-refractivity contribution in [3.8, 4) is 0 Å². The maximum absolute atomic E-state index is 5.47. The number of hydrogen-bond donors (Lipinski definition) is 1. The minimum Gasteiger partial charge on any atom is -0.382 e. The summed E-state index contributed by atoms with van der Waals surface area (Å²) in [7, 11) is 0. The molecule has 1 aliphatic rings. The molecule has 0 spiro atoms. The van der Waals surface area contributed by atoms with E-state index in [1.165, 1.54) is 36.8 Å². The standard InChI is InChI=1S/C17H27NO/c1-3-11-18-17-15(9-7-12-19-4-2)13-14-8-5-6-10-16(14)17/h5-6,8,10,15,17-18H,3-4,7,9,11-13H2,1-2H3. The third-order valence-electron chi connectivity index (χ3n) is 4.03. The molecule has 0 saturated heterocycles. The van der Waals surface area contributed by atoms with Gasteiger partial charge in [0.15, 0.2) is 0 Å². The summed E-state index contributed by atoms with van der Waals surface area (Å²) in [6.45, 7) is 7.15. The van der Waals surface area contributed by atoms with E-state index in [0.29, 0.717) is 6.04 Å². The molecule has 2 atom stereocenters. The van der Waals surface area contributed by atoms with Crippen molar-refractivity contribution in [2.24, 2.45) is 5.92 Å². The molecule has 1 aromatic carbocycles. The topological polar surface area (TPSA) is 21.3 Å². The van der Waals surface area contributed by atoms with Crippen molar-refractivity contribution in [3.63, 3.8) is 0 Å². The van der Waals surface area contributed by atoms with Gasteiger partial charge < -0.3 is 10.1 Å². The van der Waals surface area contributed by atoms with Crippen LogP contribution in [-0.4, -0.2) is 19.8 Å². The van der Waals surface area contributed by atoms with Crippen LogP contribution in [0.1, 0.15) is 50.3 Å². The molecule has 0 amide bonds. The van der Waals surface area contributed by atoms with Crippen molar-refractivity contribution in [2.75, 3.05) is 19.8 Å². The molecule has 1 N–H and O–H groups in total. The van der Waals surface area contributed by atoms with Crippen LogP contribution in [0.2, 0.25) is 0 Å². The van der Waals surface area contributed by atoms with Crippen LogP contribution in [0.25, 0.3) is 0 Å². The van der Waals surface area contributed by atoms with E-state index in [1.807, 2.05) is 0 Å². The van der Waals surface area contributed by atoms with Crippen LogP contribution >= 0.6 is 0 Å². The molecule has 1 aromatic rings. The Morgan fingerprint density at radius 1 is 1.26 bits per heavy atom. The first-order valence-electron chi connectivity index (χ1n) is 7.75. The van der Waals surface area contributed by atoms with Gasteiger partial charge in [-0.05, 0) is 56.2 Å². The summed E-state index contributed by atoms with van der Waals surface area (Å²) in [5.74, 6) is 0.740. The van der Waals surface area contributed by atoms with Crippen LogP contribution in [0.15, 0.2) is 24.3 Å². The molecular weight excluding hydrogens is 234 g/mol. The lowest BCUT2D eigenvalue weighted by Crippen LogP contribution is -2.26. The first-order chi connectivity index (χ1) is 9.36. The van der Waals surface area contributed by atoms with Crippen molar-refractivity contribution in [2.45, 2.75) is 45.6 Å². The minimum atomic E-state index is 0.553. The molecule has 0 heterocycles. The highest BCUT2D eigenvalue weighted by molar-refractivity contribution is 5.35. The van der Waals surface area contributed by atoms with Gasteiger partial charge in [0.05, 0.1) is 0 Å². The van der Waals surface area contributed by atoms with Crippen molar-refractivity contribution in [3.05, 3.63) is 35.4 Å². The van der Waals surface area contributed by atoms with Gasteiger partial charge in [0, 0.05) is 19.3 Å². The maximum atomic E-state index is 5.47. The van der Waals surface area contributed by atoms with Gasteiger partial charge in [-0.15, -0.1) is 0 Å². The lowest BCUT2D eigenvalue weighted by Gasteiger charge is -2.22. The Hall–Kier alpha value is -0.860. The Labute approximate surface area is 117 Å². The molecule has 0 aliphatic heterocycles. The second-order valence-corrected chi connectivity index (χ2v) is 5.43. The zero-order valence-electron chi connectivity index (χ0n) is 12.3. The molecule has 19 heavy (non-hydrogen) atoms. The summed E-state index contributed by atoms with van der Waals surface area (Å²) in [4.78, 5) is 0. The van der Waals surface area contributed by atoms with E-state index in [4.69, 9.17) is 4.74 Å². The van der Waals surface area contributed by atoms with Crippen LogP contribution in [0.4, 0.5) is 0 Å². The van der Waals surface area contributed by atoms with E-state index in [2.05, 4.69) is 43.4 Å². The van der Waals surface area contributed by atoms with E-state index in [9.17, 15) is 0 Å². The molecule has 2 unspecified atom stereocenters. The molecule has 0 bridgehead atoms. The molecule has 2 heteroatoms. The Morgan fingerprint density at radius 2 is 2.11 bits per heavy atom. The average molecular weight is 261 g/mol. The fourth-order valence-electron chi connectivity index (χ4n) is 3.11. The largest absolute Gasteiger partial charge is 0.382 e. The lowest BCUT2D eigenvalue weighted by molar-refractivity contribution is 0.137. The van der Waals surface area contributed by atoms with Gasteiger partial charge in [-0.3, -0.25) is 0 Å². The first-order valence-corrected chi connectivity index (χ1v) is 7.75. The van der Waals surface area contributed by atoms with E-state index in [-0.39, 0.29) is 0 Å². The zero-order chi connectivity index (χ0) is 13.5. The number of hydrogen-bond acceptors (Lipinski definition) is 2. The minimum absolute atomic E-state index is 0.553. The maximum Gasteiger partial charge on any atom is 0.0466 e. The molecule has 106 valence electrons.